The molecule has 0 aromatic heterocycles. The highest BCUT2D eigenvalue weighted by Gasteiger charge is 2.46. The highest BCUT2D eigenvalue weighted by molar-refractivity contribution is 5.90. The van der Waals surface area contributed by atoms with Gasteiger partial charge < -0.3 is 10.4 Å². The smallest absolute Gasteiger partial charge is 0.329 e. The summed E-state index contributed by atoms with van der Waals surface area (Å²) in [6.45, 7) is 4.06. The zero-order valence-electron chi connectivity index (χ0n) is 12.7. The van der Waals surface area contributed by atoms with E-state index in [1.807, 2.05) is 6.92 Å². The molecule has 2 fully saturated rings. The topological polar surface area (TPSA) is 66.4 Å². The predicted octanol–water partition coefficient (Wildman–Crippen LogP) is 3.11. The van der Waals surface area contributed by atoms with Crippen LogP contribution in [0.25, 0.3) is 0 Å². The van der Waals surface area contributed by atoms with Gasteiger partial charge in [0.2, 0.25) is 5.91 Å². The van der Waals surface area contributed by atoms with E-state index >= 15 is 0 Å². The number of amides is 1. The van der Waals surface area contributed by atoms with Crippen molar-refractivity contribution in [3.8, 4) is 0 Å². The molecule has 0 aliphatic heterocycles. The molecule has 0 heterocycles. The maximum absolute atomic E-state index is 12.6. The molecule has 2 unspecified atom stereocenters. The Morgan fingerprint density at radius 3 is 2.30 bits per heavy atom. The summed E-state index contributed by atoms with van der Waals surface area (Å²) in [6, 6.07) is 0. The third kappa shape index (κ3) is 2.99. The minimum Gasteiger partial charge on any atom is -0.480 e. The van der Waals surface area contributed by atoms with Gasteiger partial charge >= 0.3 is 5.97 Å². The number of carboxylic acid groups (broad SMARTS) is 1. The van der Waals surface area contributed by atoms with Crippen LogP contribution in [0.5, 0.6) is 0 Å². The molecule has 20 heavy (non-hydrogen) atoms. The van der Waals surface area contributed by atoms with Crippen LogP contribution >= 0.6 is 0 Å². The third-order valence-corrected chi connectivity index (χ3v) is 5.26. The van der Waals surface area contributed by atoms with Gasteiger partial charge in [-0.2, -0.15) is 0 Å². The van der Waals surface area contributed by atoms with Crippen LogP contribution in [0.1, 0.15) is 71.6 Å². The minimum atomic E-state index is -1.03. The maximum atomic E-state index is 12.6. The van der Waals surface area contributed by atoms with Gasteiger partial charge in [0.1, 0.15) is 5.54 Å². The second-order valence-corrected chi connectivity index (χ2v) is 7.16. The molecule has 0 saturated heterocycles. The molecule has 4 nitrogen and oxygen atoms in total. The first kappa shape index (κ1) is 15.3. The van der Waals surface area contributed by atoms with Gasteiger partial charge in [-0.15, -0.1) is 0 Å². The first-order valence-electron chi connectivity index (χ1n) is 7.94. The van der Waals surface area contributed by atoms with Crippen molar-refractivity contribution in [1.29, 1.82) is 0 Å². The van der Waals surface area contributed by atoms with Crippen LogP contribution in [0.3, 0.4) is 0 Å². The van der Waals surface area contributed by atoms with Crippen molar-refractivity contribution < 1.29 is 14.7 Å². The van der Waals surface area contributed by atoms with Crippen LogP contribution in [-0.4, -0.2) is 22.5 Å². The molecule has 2 aliphatic carbocycles. The van der Waals surface area contributed by atoms with Crippen molar-refractivity contribution >= 4 is 11.9 Å². The Bertz CT molecular complexity index is 387. The molecule has 2 rings (SSSR count). The van der Waals surface area contributed by atoms with Crippen LogP contribution in [0.15, 0.2) is 0 Å². The van der Waals surface area contributed by atoms with Crippen LogP contribution in [0.2, 0.25) is 0 Å². The summed E-state index contributed by atoms with van der Waals surface area (Å²) < 4.78 is 0. The molecule has 114 valence electrons. The molecular formula is C16H27NO3. The van der Waals surface area contributed by atoms with E-state index in [9.17, 15) is 14.7 Å². The van der Waals surface area contributed by atoms with Crippen LogP contribution in [-0.2, 0) is 9.59 Å². The third-order valence-electron chi connectivity index (χ3n) is 5.26. The summed E-state index contributed by atoms with van der Waals surface area (Å²) in [5.74, 6) is -0.551. The summed E-state index contributed by atoms with van der Waals surface area (Å²) >= 11 is 0. The molecule has 2 aliphatic rings. The number of nitrogens with one attached hydrogen (secondary N) is 1. The summed E-state index contributed by atoms with van der Waals surface area (Å²) in [5, 5.41) is 12.6. The van der Waals surface area contributed by atoms with Crippen LogP contribution in [0, 0.1) is 11.3 Å². The lowest BCUT2D eigenvalue weighted by Crippen LogP contribution is -2.59. The van der Waals surface area contributed by atoms with E-state index in [1.165, 1.54) is 6.42 Å². The van der Waals surface area contributed by atoms with Gasteiger partial charge in [0.25, 0.3) is 0 Å². The van der Waals surface area contributed by atoms with Gasteiger partial charge in [-0.1, -0.05) is 46.0 Å². The Hall–Kier alpha value is -1.06. The number of hydrogen-bond acceptors (Lipinski definition) is 2. The summed E-state index contributed by atoms with van der Waals surface area (Å²) in [5.41, 5.74) is -1.41. The van der Waals surface area contributed by atoms with E-state index < -0.39 is 11.5 Å². The normalized spacial score (nSPS) is 33.4. The van der Waals surface area contributed by atoms with E-state index in [1.54, 1.807) is 0 Å². The average molecular weight is 281 g/mol. The second-order valence-electron chi connectivity index (χ2n) is 7.16. The first-order chi connectivity index (χ1) is 9.38. The standard InChI is InChI=1S/C16H27NO3/c1-12-7-6-10-16(11-12,14(19)20)17-13(18)15(2)8-4-3-5-9-15/h12H,3-11H2,1-2H3,(H,17,18)(H,19,20). The molecule has 4 heteroatoms. The Balaban J connectivity index is 2.11. The summed E-state index contributed by atoms with van der Waals surface area (Å²) in [6.07, 6.45) is 8.14. The van der Waals surface area contributed by atoms with Crippen molar-refractivity contribution in [2.24, 2.45) is 11.3 Å². The fourth-order valence-corrected chi connectivity index (χ4v) is 3.84. The quantitative estimate of drug-likeness (QED) is 0.835. The molecule has 0 bridgehead atoms. The Morgan fingerprint density at radius 1 is 1.10 bits per heavy atom. The van der Waals surface area contributed by atoms with Gasteiger partial charge in [0, 0.05) is 5.41 Å². The summed E-state index contributed by atoms with van der Waals surface area (Å²) in [7, 11) is 0. The second kappa shape index (κ2) is 5.74. The fraction of sp³-hybridized carbons (Fsp3) is 0.875. The highest BCUT2D eigenvalue weighted by Crippen LogP contribution is 2.38. The first-order valence-corrected chi connectivity index (χ1v) is 7.94. The zero-order chi connectivity index (χ0) is 14.8. The van der Waals surface area contributed by atoms with Crippen molar-refractivity contribution in [1.82, 2.24) is 5.32 Å². The Labute approximate surface area is 121 Å². The van der Waals surface area contributed by atoms with Crippen LogP contribution in [0.4, 0.5) is 0 Å². The molecule has 1 amide bonds. The number of carbonyl (C=O) groups excluding carboxylic acids is 1. The SMILES string of the molecule is CC1CCCC(NC(=O)C2(C)CCCCC2)(C(=O)O)C1. The van der Waals surface area contributed by atoms with E-state index in [0.29, 0.717) is 18.8 Å². The van der Waals surface area contributed by atoms with Crippen molar-refractivity contribution in [3.05, 3.63) is 0 Å². The van der Waals surface area contributed by atoms with Gasteiger partial charge in [-0.3, -0.25) is 4.79 Å². The monoisotopic (exact) mass is 281 g/mol. The van der Waals surface area contributed by atoms with Crippen molar-refractivity contribution in [3.63, 3.8) is 0 Å². The number of rotatable bonds is 3. The van der Waals surface area contributed by atoms with E-state index in [0.717, 1.165) is 38.5 Å². The molecule has 2 N–H and O–H groups in total. The molecule has 0 aromatic carbocycles. The van der Waals surface area contributed by atoms with E-state index in [-0.39, 0.29) is 11.3 Å². The fourth-order valence-electron chi connectivity index (χ4n) is 3.84. The average Bonchev–Trinajstić information content (AvgIpc) is 2.39. The van der Waals surface area contributed by atoms with Crippen LogP contribution < -0.4 is 5.32 Å². The lowest BCUT2D eigenvalue weighted by molar-refractivity contribution is -0.152. The number of hydrogen-bond donors (Lipinski definition) is 2. The highest BCUT2D eigenvalue weighted by atomic mass is 16.4. The molecule has 0 radical (unpaired) electrons. The zero-order valence-corrected chi connectivity index (χ0v) is 12.7. The molecule has 2 atom stereocenters. The molecule has 0 spiro atoms. The van der Waals surface area contributed by atoms with Crippen molar-refractivity contribution in [2.75, 3.05) is 0 Å². The van der Waals surface area contributed by atoms with E-state index in [2.05, 4.69) is 12.2 Å². The number of carboxylic acids is 1. The summed E-state index contributed by atoms with van der Waals surface area (Å²) in [4.78, 5) is 24.4. The van der Waals surface area contributed by atoms with Gasteiger partial charge in [-0.05, 0) is 31.6 Å². The van der Waals surface area contributed by atoms with E-state index in [4.69, 9.17) is 0 Å². The van der Waals surface area contributed by atoms with Gasteiger partial charge in [0.05, 0.1) is 0 Å². The Kier molecular flexibility index (Phi) is 4.40. The van der Waals surface area contributed by atoms with Gasteiger partial charge in [0.15, 0.2) is 0 Å². The Morgan fingerprint density at radius 2 is 1.75 bits per heavy atom. The molecule has 0 aromatic rings. The molecule has 2 saturated carbocycles. The predicted molar refractivity (Wildman–Crippen MR) is 77.3 cm³/mol. The maximum Gasteiger partial charge on any atom is 0.329 e. The minimum absolute atomic E-state index is 0.0475. The number of carbonyl (C=O) groups is 2. The lowest BCUT2D eigenvalue weighted by atomic mass is 9.72. The number of aliphatic carboxylic acids is 1. The lowest BCUT2D eigenvalue weighted by Gasteiger charge is -2.41. The largest absolute Gasteiger partial charge is 0.480 e. The molecular weight excluding hydrogens is 254 g/mol. The van der Waals surface area contributed by atoms with Crippen molar-refractivity contribution in [2.45, 2.75) is 77.2 Å². The van der Waals surface area contributed by atoms with Gasteiger partial charge in [-0.25, -0.2) is 4.79 Å².